The van der Waals surface area contributed by atoms with Crippen LogP contribution in [-0.2, 0) is 29.5 Å². The first kappa shape index (κ1) is 27.6. The number of aryl methyl sites for hydroxylation is 2. The van der Waals surface area contributed by atoms with Gasteiger partial charge in [-0.05, 0) is 32.9 Å². The molecule has 3 aromatic heterocycles. The number of ether oxygens (including phenoxy) is 1. The first-order valence-corrected chi connectivity index (χ1v) is 14.4. The molecule has 6 rings (SSSR count). The standard InChI is InChI=1S/C29H39N9O3/c1-6-22-30-20-9-7-8-10-21(20)38(22)28-32-25-24(26(33-28)35-13-15-41-16-14-35)31-23(34(25)5)17-37-12-11-36(18-29(37,3)4)27(40)19(2)39/h7-10,19,39H,6,11-18H2,1-5H3/t19-/m0/s1. The SMILES string of the molecule is CCc1nc2ccccc2n1-c1nc(N2CCOCC2)c2nc(CN3CCN(C(=O)[C@H](C)O)CC3(C)C)n(C)c2n1. The second-order valence-corrected chi connectivity index (χ2v) is 11.6. The molecule has 1 amide bonds. The van der Waals surface area contributed by atoms with E-state index in [-0.39, 0.29) is 11.4 Å². The maximum absolute atomic E-state index is 12.5. The van der Waals surface area contributed by atoms with Gasteiger partial charge in [0, 0.05) is 51.7 Å². The second kappa shape index (κ2) is 10.7. The molecule has 12 heteroatoms. The maximum Gasteiger partial charge on any atom is 0.251 e. The maximum atomic E-state index is 12.5. The molecule has 0 saturated carbocycles. The van der Waals surface area contributed by atoms with Crippen LogP contribution in [0.25, 0.3) is 28.1 Å². The molecule has 2 aliphatic heterocycles. The predicted molar refractivity (Wildman–Crippen MR) is 156 cm³/mol. The molecule has 0 aliphatic carbocycles. The van der Waals surface area contributed by atoms with E-state index in [0.717, 1.165) is 59.2 Å². The van der Waals surface area contributed by atoms with Gasteiger partial charge in [0.25, 0.3) is 5.91 Å². The highest BCUT2D eigenvalue weighted by Crippen LogP contribution is 2.30. The minimum Gasteiger partial charge on any atom is -0.384 e. The van der Waals surface area contributed by atoms with Gasteiger partial charge >= 0.3 is 0 Å². The molecule has 1 atom stereocenters. The van der Waals surface area contributed by atoms with Crippen molar-refractivity contribution in [1.29, 1.82) is 0 Å². The number of aromatic nitrogens is 6. The lowest BCUT2D eigenvalue weighted by Crippen LogP contribution is -2.61. The van der Waals surface area contributed by atoms with E-state index in [4.69, 9.17) is 24.7 Å². The number of morpholine rings is 1. The molecule has 41 heavy (non-hydrogen) atoms. The van der Waals surface area contributed by atoms with Crippen LogP contribution in [0.5, 0.6) is 0 Å². The number of fused-ring (bicyclic) bond motifs is 2. The Morgan fingerprint density at radius 3 is 2.51 bits per heavy atom. The highest BCUT2D eigenvalue weighted by molar-refractivity contribution is 5.86. The van der Waals surface area contributed by atoms with Crippen LogP contribution in [0.3, 0.4) is 0 Å². The van der Waals surface area contributed by atoms with E-state index in [9.17, 15) is 9.90 Å². The molecule has 0 unspecified atom stereocenters. The lowest BCUT2D eigenvalue weighted by Gasteiger charge is -2.47. The molecule has 4 aromatic rings. The number of aliphatic hydroxyl groups excluding tert-OH is 1. The molecule has 0 bridgehead atoms. The Morgan fingerprint density at radius 2 is 1.80 bits per heavy atom. The normalized spacial score (nSPS) is 18.9. The van der Waals surface area contributed by atoms with Crippen LogP contribution in [0.2, 0.25) is 0 Å². The Balaban J connectivity index is 1.42. The zero-order valence-electron chi connectivity index (χ0n) is 24.5. The summed E-state index contributed by atoms with van der Waals surface area (Å²) in [6.45, 7) is 13.0. The number of hydrogen-bond donors (Lipinski definition) is 1. The van der Waals surface area contributed by atoms with Gasteiger partial charge < -0.3 is 24.2 Å². The smallest absolute Gasteiger partial charge is 0.251 e. The van der Waals surface area contributed by atoms with E-state index in [1.807, 2.05) is 25.2 Å². The number of carbonyl (C=O) groups excluding carboxylic acids is 1. The minimum atomic E-state index is -0.996. The summed E-state index contributed by atoms with van der Waals surface area (Å²) < 4.78 is 9.78. The van der Waals surface area contributed by atoms with Crippen LogP contribution in [0.15, 0.2) is 24.3 Å². The molecule has 2 aliphatic rings. The third kappa shape index (κ3) is 4.93. The number of hydrogen-bond acceptors (Lipinski definition) is 9. The van der Waals surface area contributed by atoms with Crippen LogP contribution >= 0.6 is 0 Å². The van der Waals surface area contributed by atoms with Crippen LogP contribution < -0.4 is 4.90 Å². The molecule has 0 radical (unpaired) electrons. The molecular weight excluding hydrogens is 522 g/mol. The van der Waals surface area contributed by atoms with Gasteiger partial charge in [-0.15, -0.1) is 0 Å². The van der Waals surface area contributed by atoms with Crippen molar-refractivity contribution in [1.82, 2.24) is 38.9 Å². The second-order valence-electron chi connectivity index (χ2n) is 11.6. The van der Waals surface area contributed by atoms with Gasteiger partial charge in [-0.2, -0.15) is 9.97 Å². The first-order valence-electron chi connectivity index (χ1n) is 14.4. The van der Waals surface area contributed by atoms with Crippen LogP contribution in [0, 0.1) is 0 Å². The minimum absolute atomic E-state index is 0.225. The quantitative estimate of drug-likeness (QED) is 0.377. The number of nitrogens with zero attached hydrogens (tertiary/aromatic N) is 9. The molecular formula is C29H39N9O3. The summed E-state index contributed by atoms with van der Waals surface area (Å²) in [6.07, 6.45) is -0.248. The van der Waals surface area contributed by atoms with Gasteiger partial charge in [0.15, 0.2) is 17.0 Å². The number of imidazole rings is 2. The van der Waals surface area contributed by atoms with Gasteiger partial charge in [-0.25, -0.2) is 9.97 Å². The fourth-order valence-corrected chi connectivity index (χ4v) is 5.96. The average molecular weight is 562 g/mol. The molecule has 5 heterocycles. The fourth-order valence-electron chi connectivity index (χ4n) is 5.96. The van der Waals surface area contributed by atoms with Gasteiger partial charge in [0.05, 0.1) is 30.8 Å². The monoisotopic (exact) mass is 561 g/mol. The van der Waals surface area contributed by atoms with Crippen molar-refractivity contribution in [3.63, 3.8) is 0 Å². The molecule has 12 nitrogen and oxygen atoms in total. The summed E-state index contributed by atoms with van der Waals surface area (Å²) in [5.74, 6) is 2.96. The van der Waals surface area contributed by atoms with Gasteiger partial charge in [0.1, 0.15) is 17.8 Å². The number of anilines is 1. The number of carbonyl (C=O) groups is 1. The van der Waals surface area contributed by atoms with E-state index in [1.54, 1.807) is 4.90 Å². The third-order valence-corrected chi connectivity index (χ3v) is 8.31. The lowest BCUT2D eigenvalue weighted by molar-refractivity contribution is -0.144. The van der Waals surface area contributed by atoms with E-state index < -0.39 is 6.10 Å². The van der Waals surface area contributed by atoms with Crippen molar-refractivity contribution < 1.29 is 14.6 Å². The molecule has 2 saturated heterocycles. The third-order valence-electron chi connectivity index (χ3n) is 8.31. The van der Waals surface area contributed by atoms with E-state index in [0.29, 0.717) is 45.3 Å². The zero-order chi connectivity index (χ0) is 28.9. The van der Waals surface area contributed by atoms with Crippen molar-refractivity contribution >= 4 is 33.9 Å². The van der Waals surface area contributed by atoms with Gasteiger partial charge in [-0.1, -0.05) is 19.1 Å². The van der Waals surface area contributed by atoms with Crippen LogP contribution in [0.4, 0.5) is 5.82 Å². The van der Waals surface area contributed by atoms with E-state index >= 15 is 0 Å². The largest absolute Gasteiger partial charge is 0.384 e. The summed E-state index contributed by atoms with van der Waals surface area (Å²) >= 11 is 0. The van der Waals surface area contributed by atoms with E-state index in [2.05, 4.69) is 45.8 Å². The number of benzene rings is 1. The van der Waals surface area contributed by atoms with Crippen molar-refractivity contribution in [2.24, 2.45) is 7.05 Å². The summed E-state index contributed by atoms with van der Waals surface area (Å²) in [6, 6.07) is 8.09. The summed E-state index contributed by atoms with van der Waals surface area (Å²) in [7, 11) is 2.01. The molecule has 1 N–H and O–H groups in total. The average Bonchev–Trinajstić information content (AvgIpc) is 3.50. The zero-order valence-corrected chi connectivity index (χ0v) is 24.5. The van der Waals surface area contributed by atoms with Crippen LogP contribution in [0.1, 0.15) is 39.3 Å². The van der Waals surface area contributed by atoms with Crippen molar-refractivity contribution in [2.75, 3.05) is 50.8 Å². The molecule has 218 valence electrons. The Morgan fingerprint density at radius 1 is 1.05 bits per heavy atom. The summed E-state index contributed by atoms with van der Waals surface area (Å²) in [5, 5.41) is 9.83. The Bertz CT molecular complexity index is 1590. The van der Waals surface area contributed by atoms with Crippen LogP contribution in [-0.4, -0.2) is 107 Å². The Kier molecular flexibility index (Phi) is 7.16. The topological polar surface area (TPSA) is 118 Å². The fraction of sp³-hybridized carbons (Fsp3) is 0.552. The highest BCUT2D eigenvalue weighted by Gasteiger charge is 2.37. The highest BCUT2D eigenvalue weighted by atomic mass is 16.5. The molecule has 0 spiro atoms. The lowest BCUT2D eigenvalue weighted by atomic mass is 9.98. The number of aliphatic hydroxyl groups is 1. The van der Waals surface area contributed by atoms with Gasteiger partial charge in [-0.3, -0.25) is 14.3 Å². The summed E-state index contributed by atoms with van der Waals surface area (Å²) in [5.41, 5.74) is 3.15. The van der Waals surface area contributed by atoms with Gasteiger partial charge in [0.2, 0.25) is 5.95 Å². The summed E-state index contributed by atoms with van der Waals surface area (Å²) in [4.78, 5) is 39.0. The van der Waals surface area contributed by atoms with Crippen molar-refractivity contribution in [3.8, 4) is 5.95 Å². The van der Waals surface area contributed by atoms with Crippen molar-refractivity contribution in [2.45, 2.75) is 52.3 Å². The Hall–Kier alpha value is -3.61. The number of piperazine rings is 1. The Labute approximate surface area is 239 Å². The number of para-hydroxylation sites is 2. The van der Waals surface area contributed by atoms with Crippen molar-refractivity contribution in [3.05, 3.63) is 35.9 Å². The molecule has 1 aromatic carbocycles. The predicted octanol–water partition coefficient (Wildman–Crippen LogP) is 1.90. The first-order chi connectivity index (χ1) is 19.7. The molecule has 2 fully saturated rings. The number of rotatable bonds is 6. The van der Waals surface area contributed by atoms with E-state index in [1.165, 1.54) is 6.92 Å². The number of amides is 1.